The van der Waals surface area contributed by atoms with Crippen LogP contribution in [0.1, 0.15) is 32.3 Å². The van der Waals surface area contributed by atoms with Crippen LogP contribution < -0.4 is 15.4 Å². The summed E-state index contributed by atoms with van der Waals surface area (Å²) in [4.78, 5) is 36.5. The topological polar surface area (TPSA) is 93.7 Å². The van der Waals surface area contributed by atoms with Gasteiger partial charge in [0, 0.05) is 18.5 Å². The summed E-state index contributed by atoms with van der Waals surface area (Å²) in [5.41, 5.74) is 0.443. The Kier molecular flexibility index (Phi) is 7.31. The van der Waals surface area contributed by atoms with Gasteiger partial charge in [0.25, 0.3) is 5.91 Å². The summed E-state index contributed by atoms with van der Waals surface area (Å²) in [7, 11) is 0. The van der Waals surface area contributed by atoms with Crippen LogP contribution in [-0.2, 0) is 19.1 Å². The molecule has 1 aromatic carbocycles. The Morgan fingerprint density at radius 1 is 1.29 bits per heavy atom. The predicted octanol–water partition coefficient (Wildman–Crippen LogP) is 2.08. The standard InChI is InChI=1S/C20H23FN2O5/c1-4-22-18(24)9-7-16(20(26)27-5-2)23-19(25)15-11-13-10-14(21)6-8-17(13)28-12(15)3/h6,8,10-11,16H,3-5,7,9H2,1-2H3,(H,22,24)(H,23,25)/t16-/m0/s1. The molecular formula is C20H23FN2O5. The molecule has 1 atom stereocenters. The van der Waals surface area contributed by atoms with E-state index in [1.165, 1.54) is 24.3 Å². The van der Waals surface area contributed by atoms with Crippen molar-refractivity contribution in [2.75, 3.05) is 13.2 Å². The number of hydrogen-bond donors (Lipinski definition) is 2. The van der Waals surface area contributed by atoms with Crippen molar-refractivity contribution >= 4 is 23.9 Å². The van der Waals surface area contributed by atoms with Crippen LogP contribution in [0.2, 0.25) is 0 Å². The van der Waals surface area contributed by atoms with Crippen molar-refractivity contribution in [1.82, 2.24) is 10.6 Å². The quantitative estimate of drug-likeness (QED) is 0.663. The highest BCUT2D eigenvalue weighted by Crippen LogP contribution is 2.31. The number of nitrogens with one attached hydrogen (secondary N) is 2. The molecular weight excluding hydrogens is 367 g/mol. The molecule has 0 saturated heterocycles. The fraction of sp³-hybridized carbons (Fsp3) is 0.350. The lowest BCUT2D eigenvalue weighted by Crippen LogP contribution is -2.43. The second kappa shape index (κ2) is 9.68. The van der Waals surface area contributed by atoms with Crippen LogP contribution in [0.4, 0.5) is 4.39 Å². The summed E-state index contributed by atoms with van der Waals surface area (Å²) in [6.07, 6.45) is 1.55. The fourth-order valence-corrected chi connectivity index (χ4v) is 2.63. The van der Waals surface area contributed by atoms with Gasteiger partial charge in [-0.1, -0.05) is 6.58 Å². The van der Waals surface area contributed by atoms with Gasteiger partial charge in [-0.05, 0) is 44.5 Å². The Labute approximate surface area is 162 Å². The molecule has 1 aliphatic heterocycles. The number of rotatable bonds is 8. The molecule has 7 nitrogen and oxygen atoms in total. The number of fused-ring (bicyclic) bond motifs is 1. The van der Waals surface area contributed by atoms with Gasteiger partial charge in [0.1, 0.15) is 23.4 Å². The summed E-state index contributed by atoms with van der Waals surface area (Å²) in [6, 6.07) is 2.89. The van der Waals surface area contributed by atoms with Gasteiger partial charge in [-0.25, -0.2) is 9.18 Å². The first-order valence-electron chi connectivity index (χ1n) is 8.98. The second-order valence-corrected chi connectivity index (χ2v) is 6.04. The molecule has 8 heteroatoms. The summed E-state index contributed by atoms with van der Waals surface area (Å²) >= 11 is 0. The van der Waals surface area contributed by atoms with Crippen molar-refractivity contribution in [3.63, 3.8) is 0 Å². The lowest BCUT2D eigenvalue weighted by Gasteiger charge is -2.22. The molecule has 1 aromatic rings. The number of amides is 2. The van der Waals surface area contributed by atoms with Crippen molar-refractivity contribution in [3.05, 3.63) is 47.5 Å². The minimum Gasteiger partial charge on any atom is -0.464 e. The molecule has 2 N–H and O–H groups in total. The average Bonchev–Trinajstić information content (AvgIpc) is 2.65. The molecule has 0 spiro atoms. The van der Waals surface area contributed by atoms with Gasteiger partial charge in [0.15, 0.2) is 0 Å². The van der Waals surface area contributed by atoms with Gasteiger partial charge in [0.05, 0.1) is 12.2 Å². The Morgan fingerprint density at radius 3 is 2.71 bits per heavy atom. The molecule has 0 aromatic heterocycles. The van der Waals surface area contributed by atoms with Crippen molar-refractivity contribution in [2.24, 2.45) is 0 Å². The summed E-state index contributed by atoms with van der Waals surface area (Å²) < 4.78 is 23.9. The van der Waals surface area contributed by atoms with E-state index in [-0.39, 0.29) is 36.7 Å². The van der Waals surface area contributed by atoms with Crippen molar-refractivity contribution < 1.29 is 28.2 Å². The molecule has 0 fully saturated rings. The lowest BCUT2D eigenvalue weighted by atomic mass is 10.0. The number of hydrogen-bond acceptors (Lipinski definition) is 5. The van der Waals surface area contributed by atoms with Crippen LogP contribution in [0.15, 0.2) is 36.1 Å². The van der Waals surface area contributed by atoms with E-state index >= 15 is 0 Å². The number of benzene rings is 1. The maximum absolute atomic E-state index is 13.5. The third-order valence-corrected chi connectivity index (χ3v) is 3.96. The highest BCUT2D eigenvalue weighted by atomic mass is 19.1. The summed E-state index contributed by atoms with van der Waals surface area (Å²) in [6.45, 7) is 7.73. The average molecular weight is 390 g/mol. The van der Waals surface area contributed by atoms with Gasteiger partial charge in [-0.3, -0.25) is 9.59 Å². The van der Waals surface area contributed by atoms with Crippen molar-refractivity contribution in [2.45, 2.75) is 32.7 Å². The number of carbonyl (C=O) groups excluding carboxylic acids is 3. The molecule has 2 rings (SSSR count). The Bertz CT molecular complexity index is 819. The molecule has 1 heterocycles. The zero-order chi connectivity index (χ0) is 20.7. The van der Waals surface area contributed by atoms with Crippen LogP contribution >= 0.6 is 0 Å². The molecule has 0 aliphatic carbocycles. The zero-order valence-corrected chi connectivity index (χ0v) is 15.8. The molecule has 1 aliphatic rings. The van der Waals surface area contributed by atoms with E-state index in [0.29, 0.717) is 17.9 Å². The molecule has 0 saturated carbocycles. The number of halogens is 1. The summed E-state index contributed by atoms with van der Waals surface area (Å²) in [5.74, 6) is -1.54. The molecule has 28 heavy (non-hydrogen) atoms. The van der Waals surface area contributed by atoms with Crippen LogP contribution in [0.5, 0.6) is 5.75 Å². The lowest BCUT2D eigenvalue weighted by molar-refractivity contribution is -0.147. The van der Waals surface area contributed by atoms with E-state index in [9.17, 15) is 18.8 Å². The smallest absolute Gasteiger partial charge is 0.328 e. The van der Waals surface area contributed by atoms with Gasteiger partial charge in [-0.2, -0.15) is 0 Å². The first-order chi connectivity index (χ1) is 13.3. The van der Waals surface area contributed by atoms with Gasteiger partial charge < -0.3 is 20.1 Å². The number of carbonyl (C=O) groups is 3. The SMILES string of the molecule is C=C1Oc2ccc(F)cc2C=C1C(=O)N[C@@H](CCC(=O)NCC)C(=O)OCC. The van der Waals surface area contributed by atoms with E-state index in [1.807, 2.05) is 0 Å². The van der Waals surface area contributed by atoms with Crippen molar-refractivity contribution in [3.8, 4) is 5.75 Å². The minimum absolute atomic E-state index is 0.0438. The molecule has 150 valence electrons. The highest BCUT2D eigenvalue weighted by molar-refractivity contribution is 6.04. The highest BCUT2D eigenvalue weighted by Gasteiger charge is 2.27. The van der Waals surface area contributed by atoms with Gasteiger partial charge in [-0.15, -0.1) is 0 Å². The maximum atomic E-state index is 13.5. The van der Waals surface area contributed by atoms with E-state index in [4.69, 9.17) is 9.47 Å². The van der Waals surface area contributed by atoms with Gasteiger partial charge >= 0.3 is 5.97 Å². The fourth-order valence-electron chi connectivity index (χ4n) is 2.63. The predicted molar refractivity (Wildman–Crippen MR) is 101 cm³/mol. The van der Waals surface area contributed by atoms with E-state index in [0.717, 1.165) is 0 Å². The third kappa shape index (κ3) is 5.42. The minimum atomic E-state index is -1.02. The third-order valence-electron chi connectivity index (χ3n) is 3.96. The van der Waals surface area contributed by atoms with Crippen LogP contribution in [0.3, 0.4) is 0 Å². The van der Waals surface area contributed by atoms with Crippen LogP contribution in [0, 0.1) is 5.82 Å². The maximum Gasteiger partial charge on any atom is 0.328 e. The van der Waals surface area contributed by atoms with Crippen molar-refractivity contribution in [1.29, 1.82) is 0 Å². The monoisotopic (exact) mass is 390 g/mol. The number of ether oxygens (including phenoxy) is 2. The molecule has 0 unspecified atom stereocenters. The zero-order valence-electron chi connectivity index (χ0n) is 15.8. The first kappa shape index (κ1) is 21.1. The summed E-state index contributed by atoms with van der Waals surface area (Å²) in [5, 5.41) is 5.18. The van der Waals surface area contributed by atoms with Gasteiger partial charge in [0.2, 0.25) is 5.91 Å². The molecule has 2 amide bonds. The largest absolute Gasteiger partial charge is 0.464 e. The van der Waals surface area contributed by atoms with Crippen LogP contribution in [-0.4, -0.2) is 37.0 Å². The number of esters is 1. The Hall–Kier alpha value is -3.16. The Morgan fingerprint density at radius 2 is 2.04 bits per heavy atom. The Balaban J connectivity index is 2.16. The van der Waals surface area contributed by atoms with Crippen LogP contribution in [0.25, 0.3) is 6.08 Å². The molecule has 0 bridgehead atoms. The van der Waals surface area contributed by atoms with E-state index < -0.39 is 23.7 Å². The van der Waals surface area contributed by atoms with E-state index in [1.54, 1.807) is 13.8 Å². The molecule has 0 radical (unpaired) electrons. The first-order valence-corrected chi connectivity index (χ1v) is 8.98. The van der Waals surface area contributed by atoms with E-state index in [2.05, 4.69) is 17.2 Å². The normalized spacial score (nSPS) is 13.5. The second-order valence-electron chi connectivity index (χ2n) is 6.04.